The number of hydrogen-bond donors (Lipinski definition) is 1. The maximum absolute atomic E-state index is 6.69. The van der Waals surface area contributed by atoms with Crippen LogP contribution in [0.4, 0.5) is 5.69 Å². The lowest BCUT2D eigenvalue weighted by molar-refractivity contribution is 0.246. The lowest BCUT2D eigenvalue weighted by Crippen LogP contribution is -2.30. The SMILES string of the molecule is Cc1nc2ccccc2c(N)c1-c1cccc(-c2ccccc2CN2CCc3ccccc3C2)c1. The largest absolute Gasteiger partial charge is 0.398 e. The Kier molecular flexibility index (Phi) is 5.55. The van der Waals surface area contributed by atoms with Gasteiger partial charge in [-0.1, -0.05) is 84.9 Å². The second-order valence-electron chi connectivity index (χ2n) is 9.47. The third-order valence-corrected chi connectivity index (χ3v) is 7.20. The molecule has 5 aromatic rings. The Hall–Kier alpha value is -3.95. The van der Waals surface area contributed by atoms with Gasteiger partial charge in [-0.3, -0.25) is 9.88 Å². The van der Waals surface area contributed by atoms with E-state index in [1.807, 2.05) is 25.1 Å². The minimum Gasteiger partial charge on any atom is -0.398 e. The van der Waals surface area contributed by atoms with Gasteiger partial charge in [-0.05, 0) is 58.9 Å². The van der Waals surface area contributed by atoms with Crippen LogP contribution in [0.3, 0.4) is 0 Å². The molecule has 0 saturated carbocycles. The van der Waals surface area contributed by atoms with Crippen LogP contribution in [0.15, 0.2) is 97.1 Å². The number of aryl methyl sites for hydroxylation is 1. The van der Waals surface area contributed by atoms with Crippen LogP contribution in [0.5, 0.6) is 0 Å². The Morgan fingerprint density at radius 2 is 1.54 bits per heavy atom. The Bertz CT molecular complexity index is 1540. The zero-order valence-electron chi connectivity index (χ0n) is 20.0. The molecule has 3 nitrogen and oxygen atoms in total. The van der Waals surface area contributed by atoms with E-state index in [9.17, 15) is 0 Å². The van der Waals surface area contributed by atoms with Gasteiger partial charge < -0.3 is 5.73 Å². The second kappa shape index (κ2) is 9.01. The number of para-hydroxylation sites is 1. The number of nitrogens with two attached hydrogens (primary N) is 1. The van der Waals surface area contributed by atoms with Crippen molar-refractivity contribution in [3.05, 3.63) is 119 Å². The molecule has 0 atom stereocenters. The highest BCUT2D eigenvalue weighted by Gasteiger charge is 2.18. The van der Waals surface area contributed by atoms with E-state index < -0.39 is 0 Å². The molecule has 6 rings (SSSR count). The van der Waals surface area contributed by atoms with E-state index in [4.69, 9.17) is 10.7 Å². The van der Waals surface area contributed by atoms with E-state index in [1.165, 1.54) is 27.8 Å². The number of anilines is 1. The minimum absolute atomic E-state index is 0.797. The third-order valence-electron chi connectivity index (χ3n) is 7.20. The fourth-order valence-electron chi connectivity index (χ4n) is 5.44. The highest BCUT2D eigenvalue weighted by molar-refractivity contribution is 5.99. The first-order chi connectivity index (χ1) is 17.2. The van der Waals surface area contributed by atoms with Gasteiger partial charge in [-0.25, -0.2) is 0 Å². The molecule has 1 aliphatic rings. The summed E-state index contributed by atoms with van der Waals surface area (Å²) in [5, 5.41) is 1.00. The van der Waals surface area contributed by atoms with E-state index in [-0.39, 0.29) is 0 Å². The molecule has 4 aromatic carbocycles. The molecule has 0 radical (unpaired) electrons. The zero-order chi connectivity index (χ0) is 23.8. The predicted octanol–water partition coefficient (Wildman–Crippen LogP) is 7.02. The molecule has 0 aliphatic carbocycles. The van der Waals surface area contributed by atoms with Crippen LogP contribution in [-0.2, 0) is 19.5 Å². The van der Waals surface area contributed by atoms with Crippen molar-refractivity contribution in [2.75, 3.05) is 12.3 Å². The van der Waals surface area contributed by atoms with Gasteiger partial charge in [0.05, 0.1) is 11.2 Å². The maximum atomic E-state index is 6.69. The van der Waals surface area contributed by atoms with Gasteiger partial charge in [-0.2, -0.15) is 0 Å². The maximum Gasteiger partial charge on any atom is 0.0726 e. The van der Waals surface area contributed by atoms with Crippen LogP contribution in [0.1, 0.15) is 22.4 Å². The van der Waals surface area contributed by atoms with Gasteiger partial charge in [0.1, 0.15) is 0 Å². The molecule has 172 valence electrons. The standard InChI is InChI=1S/C32H29N3/c1-22-31(32(33)29-15-6-7-16-30(29)34-22)25-13-8-12-24(19-25)28-14-5-4-11-27(28)21-35-18-17-23-9-2-3-10-26(23)20-35/h2-16,19H,17-18,20-21H2,1H3,(H2,33,34). The number of nitrogen functional groups attached to an aromatic ring is 1. The molecular formula is C32H29N3. The summed E-state index contributed by atoms with van der Waals surface area (Å²) >= 11 is 0. The molecule has 0 saturated heterocycles. The molecule has 3 heteroatoms. The van der Waals surface area contributed by atoms with E-state index in [2.05, 4.69) is 83.8 Å². The van der Waals surface area contributed by atoms with Crippen molar-refractivity contribution in [2.45, 2.75) is 26.4 Å². The predicted molar refractivity (Wildman–Crippen MR) is 146 cm³/mol. The van der Waals surface area contributed by atoms with Crippen molar-refractivity contribution in [3.8, 4) is 22.3 Å². The van der Waals surface area contributed by atoms with Crippen LogP contribution in [-0.4, -0.2) is 16.4 Å². The van der Waals surface area contributed by atoms with Gasteiger partial charge in [0.15, 0.2) is 0 Å². The summed E-state index contributed by atoms with van der Waals surface area (Å²) in [6, 6.07) is 34.5. The molecule has 1 aliphatic heterocycles. The highest BCUT2D eigenvalue weighted by atomic mass is 15.1. The number of aromatic nitrogens is 1. The van der Waals surface area contributed by atoms with Gasteiger partial charge in [-0.15, -0.1) is 0 Å². The van der Waals surface area contributed by atoms with Gasteiger partial charge in [0.2, 0.25) is 0 Å². The van der Waals surface area contributed by atoms with Gasteiger partial charge in [0.25, 0.3) is 0 Å². The third kappa shape index (κ3) is 4.09. The van der Waals surface area contributed by atoms with Gasteiger partial charge in [0, 0.05) is 36.3 Å². The number of fused-ring (bicyclic) bond motifs is 2. The zero-order valence-corrected chi connectivity index (χ0v) is 20.0. The first-order valence-electron chi connectivity index (χ1n) is 12.3. The monoisotopic (exact) mass is 455 g/mol. The Labute approximate surface area is 206 Å². The first kappa shape index (κ1) is 21.6. The van der Waals surface area contributed by atoms with Crippen molar-refractivity contribution in [1.82, 2.24) is 9.88 Å². The molecule has 2 N–H and O–H groups in total. The fourth-order valence-corrected chi connectivity index (χ4v) is 5.44. The summed E-state index contributed by atoms with van der Waals surface area (Å²) in [5.74, 6) is 0. The number of benzene rings is 4. The number of rotatable bonds is 4. The Balaban J connectivity index is 1.36. The van der Waals surface area contributed by atoms with Crippen molar-refractivity contribution in [2.24, 2.45) is 0 Å². The summed E-state index contributed by atoms with van der Waals surface area (Å²) in [4.78, 5) is 7.40. The molecule has 35 heavy (non-hydrogen) atoms. The molecule has 2 heterocycles. The first-order valence-corrected chi connectivity index (χ1v) is 12.3. The Morgan fingerprint density at radius 3 is 2.46 bits per heavy atom. The van der Waals surface area contributed by atoms with Crippen LogP contribution in [0, 0.1) is 6.92 Å². The lowest BCUT2D eigenvalue weighted by Gasteiger charge is -2.29. The molecule has 0 unspecified atom stereocenters. The average molecular weight is 456 g/mol. The summed E-state index contributed by atoms with van der Waals surface area (Å²) in [7, 11) is 0. The highest BCUT2D eigenvalue weighted by Crippen LogP contribution is 2.36. The van der Waals surface area contributed by atoms with E-state index in [0.29, 0.717) is 0 Å². The fraction of sp³-hybridized carbons (Fsp3) is 0.156. The summed E-state index contributed by atoms with van der Waals surface area (Å²) in [5.41, 5.74) is 18.3. The Morgan fingerprint density at radius 1 is 0.800 bits per heavy atom. The average Bonchev–Trinajstić information content (AvgIpc) is 2.89. The number of nitrogens with zero attached hydrogens (tertiary/aromatic N) is 2. The van der Waals surface area contributed by atoms with E-state index >= 15 is 0 Å². The molecule has 0 fully saturated rings. The van der Waals surface area contributed by atoms with E-state index in [1.54, 1.807) is 0 Å². The van der Waals surface area contributed by atoms with Crippen molar-refractivity contribution in [1.29, 1.82) is 0 Å². The summed E-state index contributed by atoms with van der Waals surface area (Å²) in [6.07, 6.45) is 1.11. The van der Waals surface area contributed by atoms with Crippen molar-refractivity contribution < 1.29 is 0 Å². The lowest BCUT2D eigenvalue weighted by atomic mass is 9.93. The molecule has 1 aromatic heterocycles. The van der Waals surface area contributed by atoms with E-state index in [0.717, 1.165) is 59.5 Å². The molecular weight excluding hydrogens is 426 g/mol. The topological polar surface area (TPSA) is 42.1 Å². The van der Waals surface area contributed by atoms with Gasteiger partial charge >= 0.3 is 0 Å². The molecule has 0 bridgehead atoms. The normalized spacial score (nSPS) is 13.6. The summed E-state index contributed by atoms with van der Waals surface area (Å²) < 4.78 is 0. The van der Waals surface area contributed by atoms with Crippen LogP contribution in [0.25, 0.3) is 33.2 Å². The van der Waals surface area contributed by atoms with Crippen LogP contribution >= 0.6 is 0 Å². The number of hydrogen-bond acceptors (Lipinski definition) is 3. The van der Waals surface area contributed by atoms with Crippen molar-refractivity contribution in [3.63, 3.8) is 0 Å². The smallest absolute Gasteiger partial charge is 0.0726 e. The van der Waals surface area contributed by atoms with Crippen LogP contribution < -0.4 is 5.73 Å². The molecule has 0 spiro atoms. The quantitative estimate of drug-likeness (QED) is 0.317. The minimum atomic E-state index is 0.797. The molecule has 0 amide bonds. The second-order valence-corrected chi connectivity index (χ2v) is 9.47. The van der Waals surface area contributed by atoms with Crippen LogP contribution in [0.2, 0.25) is 0 Å². The number of pyridine rings is 1. The van der Waals surface area contributed by atoms with Crippen molar-refractivity contribution >= 4 is 16.6 Å². The summed E-state index contributed by atoms with van der Waals surface area (Å²) in [6.45, 7) is 5.08.